The van der Waals surface area contributed by atoms with Crippen molar-refractivity contribution in [1.29, 1.82) is 0 Å². The third kappa shape index (κ3) is 6.13. The van der Waals surface area contributed by atoms with Gasteiger partial charge in [-0.1, -0.05) is 13.0 Å². The minimum atomic E-state index is -4.66. The molecule has 7 heteroatoms. The van der Waals surface area contributed by atoms with Crippen LogP contribution in [0.4, 0.5) is 26.3 Å². The minimum Gasteiger partial charge on any atom is -0.252 e. The summed E-state index contributed by atoms with van der Waals surface area (Å²) in [6.45, 7) is 2.22. The van der Waals surface area contributed by atoms with Crippen molar-refractivity contribution in [3.8, 4) is 0 Å². The number of nitrogens with zero attached hydrogens (tertiary/aromatic N) is 1. The highest BCUT2D eigenvalue weighted by molar-refractivity contribution is 5.73. The average Bonchev–Trinajstić information content (AvgIpc) is 2.13. The first-order valence-corrected chi connectivity index (χ1v) is 4.64. The topological polar surface area (TPSA) is 12.4 Å². The number of halogens is 6. The lowest BCUT2D eigenvalue weighted by Gasteiger charge is -2.06. The Labute approximate surface area is 94.5 Å². The summed E-state index contributed by atoms with van der Waals surface area (Å²) in [5, 5.41) is 0. The van der Waals surface area contributed by atoms with E-state index < -0.39 is 23.6 Å². The second kappa shape index (κ2) is 5.88. The highest BCUT2D eigenvalue weighted by Crippen LogP contribution is 2.27. The zero-order valence-corrected chi connectivity index (χ0v) is 9.15. The summed E-state index contributed by atoms with van der Waals surface area (Å²) in [7, 11) is 0. The van der Waals surface area contributed by atoms with Crippen LogP contribution in [0.5, 0.6) is 0 Å². The molecule has 0 aliphatic rings. The van der Waals surface area contributed by atoms with Crippen molar-refractivity contribution in [3.05, 3.63) is 23.4 Å². The molecule has 0 heterocycles. The van der Waals surface area contributed by atoms with E-state index in [0.29, 0.717) is 12.3 Å². The summed E-state index contributed by atoms with van der Waals surface area (Å²) in [5.74, 6) is 0. The maximum absolute atomic E-state index is 12.2. The van der Waals surface area contributed by atoms with E-state index in [0.717, 1.165) is 13.0 Å². The van der Waals surface area contributed by atoms with Gasteiger partial charge in [0.15, 0.2) is 0 Å². The minimum absolute atomic E-state index is 0.0914. The van der Waals surface area contributed by atoms with Crippen LogP contribution >= 0.6 is 0 Å². The molecule has 0 radical (unpaired) electrons. The molecule has 17 heavy (non-hydrogen) atoms. The van der Waals surface area contributed by atoms with E-state index in [9.17, 15) is 26.3 Å². The fourth-order valence-corrected chi connectivity index (χ4v) is 0.759. The second-order valence-electron chi connectivity index (χ2n) is 3.12. The number of hydrogen-bond donors (Lipinski definition) is 0. The molecule has 0 spiro atoms. The summed E-state index contributed by atoms with van der Waals surface area (Å²) in [4.78, 5) is 2.97. The van der Waals surface area contributed by atoms with E-state index in [1.54, 1.807) is 0 Å². The SMILES string of the molecule is CC/C=C(/N=C/C=C(\C)C(F)(F)F)C(F)(F)F. The highest BCUT2D eigenvalue weighted by atomic mass is 19.4. The highest BCUT2D eigenvalue weighted by Gasteiger charge is 2.33. The van der Waals surface area contributed by atoms with Gasteiger partial charge in [0.05, 0.1) is 0 Å². The molecular formula is C10H11F6N. The molecule has 0 aliphatic heterocycles. The maximum atomic E-state index is 12.2. The molecule has 0 bridgehead atoms. The molecule has 98 valence electrons. The predicted octanol–water partition coefficient (Wildman–Crippen LogP) is 4.42. The largest absolute Gasteiger partial charge is 0.433 e. The zero-order valence-electron chi connectivity index (χ0n) is 9.15. The Kier molecular flexibility index (Phi) is 5.44. The Hall–Kier alpha value is -1.27. The molecule has 0 aromatic heterocycles. The van der Waals surface area contributed by atoms with Gasteiger partial charge in [-0.2, -0.15) is 26.3 Å². The molecule has 0 N–H and O–H groups in total. The summed E-state index contributed by atoms with van der Waals surface area (Å²) >= 11 is 0. The first kappa shape index (κ1) is 15.7. The van der Waals surface area contributed by atoms with E-state index in [4.69, 9.17) is 0 Å². The van der Waals surface area contributed by atoms with E-state index in [2.05, 4.69) is 4.99 Å². The molecule has 0 amide bonds. The Morgan fingerprint density at radius 1 is 1.06 bits per heavy atom. The summed E-state index contributed by atoms with van der Waals surface area (Å²) in [5.41, 5.74) is -2.22. The van der Waals surface area contributed by atoms with E-state index >= 15 is 0 Å². The smallest absolute Gasteiger partial charge is 0.252 e. The van der Waals surface area contributed by atoms with Gasteiger partial charge in [0.25, 0.3) is 0 Å². The van der Waals surface area contributed by atoms with Crippen LogP contribution < -0.4 is 0 Å². The fourth-order valence-electron chi connectivity index (χ4n) is 0.759. The molecule has 0 saturated heterocycles. The lowest BCUT2D eigenvalue weighted by molar-refractivity contribution is -0.0926. The van der Waals surface area contributed by atoms with Crippen molar-refractivity contribution in [2.24, 2.45) is 4.99 Å². The van der Waals surface area contributed by atoms with Gasteiger partial charge in [-0.25, -0.2) is 0 Å². The number of alkyl halides is 6. The van der Waals surface area contributed by atoms with Gasteiger partial charge < -0.3 is 0 Å². The number of hydrogen-bond acceptors (Lipinski definition) is 1. The van der Waals surface area contributed by atoms with Crippen LogP contribution in [0.1, 0.15) is 20.3 Å². The zero-order chi connectivity index (χ0) is 13.7. The average molecular weight is 259 g/mol. The van der Waals surface area contributed by atoms with Crippen molar-refractivity contribution in [3.63, 3.8) is 0 Å². The molecule has 0 fully saturated rings. The summed E-state index contributed by atoms with van der Waals surface area (Å²) < 4.78 is 72.7. The molecule has 0 aromatic rings. The van der Waals surface area contributed by atoms with Crippen LogP contribution in [0.15, 0.2) is 28.4 Å². The number of aliphatic imine (C=N–C) groups is 1. The first-order valence-electron chi connectivity index (χ1n) is 4.64. The second-order valence-corrected chi connectivity index (χ2v) is 3.12. The van der Waals surface area contributed by atoms with Crippen LogP contribution in [-0.2, 0) is 0 Å². The molecule has 0 saturated carbocycles. The van der Waals surface area contributed by atoms with Gasteiger partial charge in [-0.05, 0) is 19.4 Å². The number of rotatable bonds is 3. The Morgan fingerprint density at radius 2 is 1.59 bits per heavy atom. The molecular weight excluding hydrogens is 248 g/mol. The third-order valence-corrected chi connectivity index (χ3v) is 1.67. The van der Waals surface area contributed by atoms with E-state index in [1.807, 2.05) is 0 Å². The first-order chi connectivity index (χ1) is 7.59. The number of allylic oxidation sites excluding steroid dienone is 4. The lowest BCUT2D eigenvalue weighted by Crippen LogP contribution is -2.11. The van der Waals surface area contributed by atoms with Crippen molar-refractivity contribution in [2.45, 2.75) is 32.6 Å². The van der Waals surface area contributed by atoms with Crippen LogP contribution in [-0.4, -0.2) is 18.6 Å². The van der Waals surface area contributed by atoms with Crippen LogP contribution in [0.3, 0.4) is 0 Å². The third-order valence-electron chi connectivity index (χ3n) is 1.67. The van der Waals surface area contributed by atoms with Crippen LogP contribution in [0, 0.1) is 0 Å². The summed E-state index contributed by atoms with van der Waals surface area (Å²) in [6, 6.07) is 0. The van der Waals surface area contributed by atoms with Gasteiger partial charge in [0, 0.05) is 11.8 Å². The Balaban J connectivity index is 4.88. The van der Waals surface area contributed by atoms with Gasteiger partial charge >= 0.3 is 12.4 Å². The van der Waals surface area contributed by atoms with Crippen molar-refractivity contribution in [2.75, 3.05) is 0 Å². The van der Waals surface area contributed by atoms with E-state index in [1.165, 1.54) is 6.92 Å². The normalized spacial score (nSPS) is 15.8. The monoisotopic (exact) mass is 259 g/mol. The van der Waals surface area contributed by atoms with Gasteiger partial charge in [-0.15, -0.1) is 0 Å². The Morgan fingerprint density at radius 3 is 1.94 bits per heavy atom. The van der Waals surface area contributed by atoms with Crippen molar-refractivity contribution >= 4 is 6.21 Å². The van der Waals surface area contributed by atoms with E-state index in [-0.39, 0.29) is 6.42 Å². The van der Waals surface area contributed by atoms with Crippen molar-refractivity contribution < 1.29 is 26.3 Å². The molecule has 0 aliphatic carbocycles. The maximum Gasteiger partial charge on any atom is 0.433 e. The molecule has 0 aromatic carbocycles. The standard InChI is InChI=1S/C10H11F6N/c1-3-4-8(10(14,15)16)17-6-5-7(2)9(11,12)13/h4-6H,3H2,1-2H3/b7-5+,8-4+,17-6+. The van der Waals surface area contributed by atoms with Gasteiger partial charge in [0.1, 0.15) is 5.70 Å². The van der Waals surface area contributed by atoms with Gasteiger partial charge in [0.2, 0.25) is 0 Å². The fraction of sp³-hybridized carbons (Fsp3) is 0.500. The van der Waals surface area contributed by atoms with Crippen molar-refractivity contribution in [1.82, 2.24) is 0 Å². The molecule has 0 unspecified atom stereocenters. The lowest BCUT2D eigenvalue weighted by atomic mass is 10.3. The quantitative estimate of drug-likeness (QED) is 0.525. The molecule has 0 atom stereocenters. The molecule has 1 nitrogen and oxygen atoms in total. The van der Waals surface area contributed by atoms with Crippen LogP contribution in [0.2, 0.25) is 0 Å². The molecule has 0 rings (SSSR count). The van der Waals surface area contributed by atoms with Gasteiger partial charge in [-0.3, -0.25) is 4.99 Å². The predicted molar refractivity (Wildman–Crippen MR) is 52.7 cm³/mol. The van der Waals surface area contributed by atoms with Crippen LogP contribution in [0.25, 0.3) is 0 Å². The summed E-state index contributed by atoms with van der Waals surface area (Å²) in [6.07, 6.45) is -7.33. The Bertz CT molecular complexity index is 332.